The number of amides is 1. The first-order valence-corrected chi connectivity index (χ1v) is 8.96. The maximum atomic E-state index is 12.0. The minimum absolute atomic E-state index is 0.0446. The number of hydrogen-bond acceptors (Lipinski definition) is 3. The highest BCUT2D eigenvalue weighted by atomic mass is 16.5. The molecular weight excluding hydrogens is 338 g/mol. The van der Waals surface area contributed by atoms with Gasteiger partial charge in [-0.25, -0.2) is 0 Å². The average molecular weight is 361 g/mol. The first kappa shape index (κ1) is 18.5. The van der Waals surface area contributed by atoms with Gasteiger partial charge < -0.3 is 14.8 Å². The van der Waals surface area contributed by atoms with Crippen molar-refractivity contribution in [2.75, 3.05) is 18.5 Å². The van der Waals surface area contributed by atoms with Crippen molar-refractivity contribution in [2.45, 2.75) is 13.8 Å². The fraction of sp³-hybridized carbons (Fsp3) is 0.174. The van der Waals surface area contributed by atoms with E-state index in [0.29, 0.717) is 18.0 Å². The van der Waals surface area contributed by atoms with Crippen LogP contribution in [0.15, 0.2) is 72.8 Å². The van der Waals surface area contributed by atoms with Crippen LogP contribution in [0, 0.1) is 6.92 Å². The Balaban J connectivity index is 1.51. The van der Waals surface area contributed by atoms with Gasteiger partial charge in [0.2, 0.25) is 0 Å². The summed E-state index contributed by atoms with van der Waals surface area (Å²) in [4.78, 5) is 12.0. The molecule has 0 aliphatic rings. The number of carbonyl (C=O) groups is 1. The predicted octanol–water partition coefficient (Wildman–Crippen LogP) is 5.08. The molecule has 4 nitrogen and oxygen atoms in total. The van der Waals surface area contributed by atoms with Crippen molar-refractivity contribution in [3.8, 4) is 22.6 Å². The molecule has 0 atom stereocenters. The van der Waals surface area contributed by atoms with Crippen molar-refractivity contribution < 1.29 is 14.3 Å². The Bertz CT molecular complexity index is 869. The molecule has 3 aromatic carbocycles. The molecule has 1 amide bonds. The summed E-state index contributed by atoms with van der Waals surface area (Å²) in [6.07, 6.45) is 0. The summed E-state index contributed by atoms with van der Waals surface area (Å²) in [6, 6.07) is 23.3. The summed E-state index contributed by atoms with van der Waals surface area (Å²) in [5.41, 5.74) is 4.21. The van der Waals surface area contributed by atoms with Crippen LogP contribution in [0.5, 0.6) is 11.5 Å². The number of anilines is 1. The van der Waals surface area contributed by atoms with Gasteiger partial charge in [0.15, 0.2) is 6.61 Å². The lowest BCUT2D eigenvalue weighted by atomic mass is 10.0. The van der Waals surface area contributed by atoms with Gasteiger partial charge in [0.05, 0.1) is 6.61 Å². The third-order valence-corrected chi connectivity index (χ3v) is 4.06. The van der Waals surface area contributed by atoms with E-state index in [4.69, 9.17) is 9.47 Å². The number of rotatable bonds is 7. The second kappa shape index (κ2) is 8.90. The Morgan fingerprint density at radius 2 is 1.30 bits per heavy atom. The van der Waals surface area contributed by atoms with E-state index in [9.17, 15) is 4.79 Å². The van der Waals surface area contributed by atoms with Gasteiger partial charge in [-0.3, -0.25) is 4.79 Å². The molecule has 3 rings (SSSR count). The highest BCUT2D eigenvalue weighted by Gasteiger charge is 2.05. The molecule has 0 aliphatic heterocycles. The first-order chi connectivity index (χ1) is 13.1. The van der Waals surface area contributed by atoms with Gasteiger partial charge >= 0.3 is 0 Å². The second-order valence-electron chi connectivity index (χ2n) is 6.18. The number of nitrogens with one attached hydrogen (secondary N) is 1. The molecular formula is C23H23NO3. The molecule has 0 aliphatic carbocycles. The average Bonchev–Trinajstić information content (AvgIpc) is 2.69. The van der Waals surface area contributed by atoms with E-state index in [1.807, 2.05) is 43.3 Å². The van der Waals surface area contributed by atoms with Crippen LogP contribution < -0.4 is 14.8 Å². The molecule has 0 heterocycles. The van der Waals surface area contributed by atoms with Gasteiger partial charge in [0, 0.05) is 5.69 Å². The van der Waals surface area contributed by atoms with Crippen molar-refractivity contribution in [3.63, 3.8) is 0 Å². The fourth-order valence-electron chi connectivity index (χ4n) is 2.64. The number of hydrogen-bond donors (Lipinski definition) is 1. The van der Waals surface area contributed by atoms with E-state index < -0.39 is 0 Å². The molecule has 0 saturated heterocycles. The van der Waals surface area contributed by atoms with Gasteiger partial charge in [-0.05, 0) is 61.4 Å². The van der Waals surface area contributed by atoms with Crippen LogP contribution in [0.3, 0.4) is 0 Å². The topological polar surface area (TPSA) is 47.6 Å². The Morgan fingerprint density at radius 1 is 0.778 bits per heavy atom. The molecule has 0 aromatic heterocycles. The lowest BCUT2D eigenvalue weighted by Crippen LogP contribution is -2.20. The molecule has 27 heavy (non-hydrogen) atoms. The molecule has 138 valence electrons. The molecule has 4 heteroatoms. The van der Waals surface area contributed by atoms with Crippen molar-refractivity contribution in [3.05, 3.63) is 78.4 Å². The zero-order valence-electron chi connectivity index (χ0n) is 15.6. The summed E-state index contributed by atoms with van der Waals surface area (Å²) < 4.78 is 11.0. The Morgan fingerprint density at radius 3 is 1.89 bits per heavy atom. The Labute approximate surface area is 159 Å². The quantitative estimate of drug-likeness (QED) is 0.638. The van der Waals surface area contributed by atoms with Crippen LogP contribution in [0.2, 0.25) is 0 Å². The maximum absolute atomic E-state index is 12.0. The Hall–Kier alpha value is -3.27. The molecule has 1 N–H and O–H groups in total. The van der Waals surface area contributed by atoms with Crippen LogP contribution in [0.25, 0.3) is 11.1 Å². The van der Waals surface area contributed by atoms with Crippen LogP contribution in [-0.4, -0.2) is 19.1 Å². The van der Waals surface area contributed by atoms with Crippen molar-refractivity contribution in [1.29, 1.82) is 0 Å². The summed E-state index contributed by atoms with van der Waals surface area (Å²) >= 11 is 0. The molecule has 0 saturated carbocycles. The second-order valence-corrected chi connectivity index (χ2v) is 6.18. The van der Waals surface area contributed by atoms with Gasteiger partial charge in [0.25, 0.3) is 5.91 Å². The van der Waals surface area contributed by atoms with E-state index in [-0.39, 0.29) is 12.5 Å². The molecule has 0 spiro atoms. The minimum atomic E-state index is -0.207. The lowest BCUT2D eigenvalue weighted by Gasteiger charge is -2.09. The van der Waals surface area contributed by atoms with Crippen LogP contribution in [0.1, 0.15) is 12.5 Å². The number of carbonyl (C=O) groups excluding carboxylic acids is 1. The van der Waals surface area contributed by atoms with Crippen molar-refractivity contribution in [2.24, 2.45) is 0 Å². The number of ether oxygens (including phenoxy) is 2. The molecule has 3 aromatic rings. The smallest absolute Gasteiger partial charge is 0.262 e. The zero-order chi connectivity index (χ0) is 19.1. The summed E-state index contributed by atoms with van der Waals surface area (Å²) in [7, 11) is 0. The Kier molecular flexibility index (Phi) is 6.10. The van der Waals surface area contributed by atoms with Crippen LogP contribution >= 0.6 is 0 Å². The van der Waals surface area contributed by atoms with E-state index in [1.54, 1.807) is 12.1 Å². The highest BCUT2D eigenvalue weighted by Crippen LogP contribution is 2.23. The van der Waals surface area contributed by atoms with Crippen LogP contribution in [-0.2, 0) is 4.79 Å². The molecule has 0 bridgehead atoms. The monoisotopic (exact) mass is 361 g/mol. The summed E-state index contributed by atoms with van der Waals surface area (Å²) in [5.74, 6) is 1.23. The largest absolute Gasteiger partial charge is 0.494 e. The third-order valence-electron chi connectivity index (χ3n) is 4.06. The fourth-order valence-corrected chi connectivity index (χ4v) is 2.64. The third kappa shape index (κ3) is 5.35. The maximum Gasteiger partial charge on any atom is 0.262 e. The predicted molar refractivity (Wildman–Crippen MR) is 108 cm³/mol. The highest BCUT2D eigenvalue weighted by molar-refractivity contribution is 5.91. The first-order valence-electron chi connectivity index (χ1n) is 8.96. The number of aryl methyl sites for hydroxylation is 1. The minimum Gasteiger partial charge on any atom is -0.494 e. The van der Waals surface area contributed by atoms with E-state index in [2.05, 4.69) is 36.5 Å². The van der Waals surface area contributed by atoms with Crippen LogP contribution in [0.4, 0.5) is 5.69 Å². The molecule has 0 unspecified atom stereocenters. The number of benzene rings is 3. The van der Waals surface area contributed by atoms with Gasteiger partial charge in [-0.15, -0.1) is 0 Å². The van der Waals surface area contributed by atoms with E-state index in [1.165, 1.54) is 5.56 Å². The molecule has 0 fully saturated rings. The zero-order valence-corrected chi connectivity index (χ0v) is 15.6. The normalized spacial score (nSPS) is 10.3. The lowest BCUT2D eigenvalue weighted by molar-refractivity contribution is -0.118. The summed E-state index contributed by atoms with van der Waals surface area (Å²) in [5, 5.41) is 2.80. The van der Waals surface area contributed by atoms with Gasteiger partial charge in [0.1, 0.15) is 11.5 Å². The van der Waals surface area contributed by atoms with Gasteiger partial charge in [-0.1, -0.05) is 42.0 Å². The van der Waals surface area contributed by atoms with Crippen molar-refractivity contribution in [1.82, 2.24) is 0 Å². The van der Waals surface area contributed by atoms with E-state index in [0.717, 1.165) is 16.9 Å². The molecule has 0 radical (unpaired) electrons. The standard InChI is InChI=1S/C23H23NO3/c1-3-26-21-14-10-20(11-15-21)24-23(25)16-27-22-12-8-19(9-13-22)18-6-4-17(2)5-7-18/h4-15H,3,16H2,1-2H3,(H,24,25). The SMILES string of the molecule is CCOc1ccc(NC(=O)COc2ccc(-c3ccc(C)cc3)cc2)cc1. The van der Waals surface area contributed by atoms with Gasteiger partial charge in [-0.2, -0.15) is 0 Å². The van der Waals surface area contributed by atoms with E-state index >= 15 is 0 Å². The van der Waals surface area contributed by atoms with Crippen molar-refractivity contribution >= 4 is 11.6 Å². The summed E-state index contributed by atoms with van der Waals surface area (Å²) in [6.45, 7) is 4.57.